The highest BCUT2D eigenvalue weighted by Gasteiger charge is 2.24. The number of hydrogen-bond acceptors (Lipinski definition) is 5. The summed E-state index contributed by atoms with van der Waals surface area (Å²) in [6, 6.07) is 10.1. The van der Waals surface area contributed by atoms with E-state index in [1.165, 1.54) is 26.6 Å². The standard InChI is InChI=1S/C18H17BrN2O4S/c1-12-4-6-14(7-5-12)26(22,23)21-9-8-20-18(21)15-10-13(19)11-16(24-2)17(15)25-3/h4-11H,1-3H3. The third-order valence-corrected chi connectivity index (χ3v) is 6.01. The van der Waals surface area contributed by atoms with E-state index in [-0.39, 0.29) is 10.7 Å². The van der Waals surface area contributed by atoms with Gasteiger partial charge < -0.3 is 9.47 Å². The molecular formula is C18H17BrN2O4S. The maximum atomic E-state index is 13.1. The number of imidazole rings is 1. The van der Waals surface area contributed by atoms with Crippen LogP contribution < -0.4 is 9.47 Å². The Balaban J connectivity index is 2.22. The van der Waals surface area contributed by atoms with Gasteiger partial charge in [0.25, 0.3) is 10.0 Å². The van der Waals surface area contributed by atoms with Crippen LogP contribution in [0.2, 0.25) is 0 Å². The molecule has 0 spiro atoms. The van der Waals surface area contributed by atoms with E-state index in [9.17, 15) is 8.42 Å². The van der Waals surface area contributed by atoms with Crippen molar-refractivity contribution in [3.05, 3.63) is 58.8 Å². The molecule has 0 atom stereocenters. The second kappa shape index (κ2) is 7.13. The molecule has 1 aromatic heterocycles. The van der Waals surface area contributed by atoms with Crippen molar-refractivity contribution < 1.29 is 17.9 Å². The molecule has 3 aromatic rings. The van der Waals surface area contributed by atoms with Gasteiger partial charge >= 0.3 is 0 Å². The van der Waals surface area contributed by atoms with Crippen molar-refractivity contribution in [3.8, 4) is 22.9 Å². The summed E-state index contributed by atoms with van der Waals surface area (Å²) >= 11 is 3.41. The summed E-state index contributed by atoms with van der Waals surface area (Å²) in [7, 11) is -0.792. The van der Waals surface area contributed by atoms with Gasteiger partial charge in [0.15, 0.2) is 17.3 Å². The average molecular weight is 437 g/mol. The minimum atomic E-state index is -3.81. The number of aromatic nitrogens is 2. The van der Waals surface area contributed by atoms with Gasteiger partial charge in [0.2, 0.25) is 0 Å². The first-order chi connectivity index (χ1) is 12.4. The van der Waals surface area contributed by atoms with Gasteiger partial charge in [-0.3, -0.25) is 0 Å². The molecule has 6 nitrogen and oxygen atoms in total. The maximum Gasteiger partial charge on any atom is 0.269 e. The van der Waals surface area contributed by atoms with Crippen LogP contribution >= 0.6 is 15.9 Å². The normalized spacial score (nSPS) is 11.4. The topological polar surface area (TPSA) is 70.4 Å². The van der Waals surface area contributed by atoms with E-state index in [2.05, 4.69) is 20.9 Å². The van der Waals surface area contributed by atoms with E-state index in [4.69, 9.17) is 9.47 Å². The zero-order valence-electron chi connectivity index (χ0n) is 14.4. The molecule has 8 heteroatoms. The fourth-order valence-electron chi connectivity index (χ4n) is 2.59. The molecule has 3 rings (SSSR count). The first kappa shape index (κ1) is 18.5. The average Bonchev–Trinajstić information content (AvgIpc) is 3.11. The molecule has 0 amide bonds. The molecule has 1 heterocycles. The number of nitrogens with zero attached hydrogens (tertiary/aromatic N) is 2. The third-order valence-electron chi connectivity index (χ3n) is 3.87. The van der Waals surface area contributed by atoms with Gasteiger partial charge in [-0.15, -0.1) is 0 Å². The lowest BCUT2D eigenvalue weighted by molar-refractivity contribution is 0.355. The first-order valence-electron chi connectivity index (χ1n) is 7.66. The lowest BCUT2D eigenvalue weighted by atomic mass is 10.1. The summed E-state index contributed by atoms with van der Waals surface area (Å²) in [5.74, 6) is 1.11. The van der Waals surface area contributed by atoms with Gasteiger partial charge in [-0.25, -0.2) is 17.4 Å². The van der Waals surface area contributed by atoms with Crippen molar-refractivity contribution in [1.29, 1.82) is 0 Å². The largest absolute Gasteiger partial charge is 0.493 e. The third kappa shape index (κ3) is 3.22. The Morgan fingerprint density at radius 2 is 1.77 bits per heavy atom. The first-order valence-corrected chi connectivity index (χ1v) is 9.89. The summed E-state index contributed by atoms with van der Waals surface area (Å²) in [6.07, 6.45) is 2.85. The maximum absolute atomic E-state index is 13.1. The molecule has 0 aliphatic heterocycles. The summed E-state index contributed by atoms with van der Waals surface area (Å²) in [5, 5.41) is 0. The summed E-state index contributed by atoms with van der Waals surface area (Å²) < 4.78 is 38.8. The monoisotopic (exact) mass is 436 g/mol. The van der Waals surface area contributed by atoms with Crippen LogP contribution in [-0.4, -0.2) is 31.6 Å². The highest BCUT2D eigenvalue weighted by Crippen LogP contribution is 2.40. The quantitative estimate of drug-likeness (QED) is 0.606. The highest BCUT2D eigenvalue weighted by molar-refractivity contribution is 9.10. The van der Waals surface area contributed by atoms with Gasteiger partial charge in [0.05, 0.1) is 24.7 Å². The summed E-state index contributed by atoms with van der Waals surface area (Å²) in [5.41, 5.74) is 1.48. The number of benzene rings is 2. The van der Waals surface area contributed by atoms with Gasteiger partial charge in [-0.2, -0.15) is 0 Å². The van der Waals surface area contributed by atoms with E-state index in [1.54, 1.807) is 36.4 Å². The minimum Gasteiger partial charge on any atom is -0.493 e. The zero-order valence-corrected chi connectivity index (χ0v) is 16.8. The van der Waals surface area contributed by atoms with E-state index in [0.29, 0.717) is 21.5 Å². The molecule has 0 saturated heterocycles. The van der Waals surface area contributed by atoms with Crippen molar-refractivity contribution in [3.63, 3.8) is 0 Å². The zero-order chi connectivity index (χ0) is 18.9. The second-order valence-electron chi connectivity index (χ2n) is 5.55. The van der Waals surface area contributed by atoms with Gasteiger partial charge in [0, 0.05) is 16.9 Å². The van der Waals surface area contributed by atoms with Crippen LogP contribution in [0.3, 0.4) is 0 Å². The molecule has 0 radical (unpaired) electrons. The molecule has 0 bridgehead atoms. The lowest BCUT2D eigenvalue weighted by Gasteiger charge is -2.15. The molecule has 0 saturated carbocycles. The lowest BCUT2D eigenvalue weighted by Crippen LogP contribution is -2.14. The van der Waals surface area contributed by atoms with Crippen LogP contribution in [0.15, 0.2) is 58.2 Å². The van der Waals surface area contributed by atoms with Crippen molar-refractivity contribution in [2.24, 2.45) is 0 Å². The predicted octanol–water partition coefficient (Wildman–Crippen LogP) is 3.88. The predicted molar refractivity (Wildman–Crippen MR) is 102 cm³/mol. The molecular weight excluding hydrogens is 420 g/mol. The molecule has 0 aliphatic carbocycles. The van der Waals surface area contributed by atoms with Crippen LogP contribution in [0.4, 0.5) is 0 Å². The number of aryl methyl sites for hydroxylation is 1. The van der Waals surface area contributed by atoms with Gasteiger partial charge in [-0.1, -0.05) is 33.6 Å². The van der Waals surface area contributed by atoms with Crippen LogP contribution in [0.25, 0.3) is 11.4 Å². The van der Waals surface area contributed by atoms with E-state index in [0.717, 1.165) is 9.54 Å². The Morgan fingerprint density at radius 3 is 2.38 bits per heavy atom. The fraction of sp³-hybridized carbons (Fsp3) is 0.167. The number of hydrogen-bond donors (Lipinski definition) is 0. The molecule has 2 aromatic carbocycles. The van der Waals surface area contributed by atoms with Crippen LogP contribution in [0.5, 0.6) is 11.5 Å². The van der Waals surface area contributed by atoms with E-state index < -0.39 is 10.0 Å². The summed E-state index contributed by atoms with van der Waals surface area (Å²) in [6.45, 7) is 1.90. The van der Waals surface area contributed by atoms with Crippen LogP contribution in [-0.2, 0) is 10.0 Å². The van der Waals surface area contributed by atoms with E-state index in [1.807, 2.05) is 6.92 Å². The number of halogens is 1. The smallest absolute Gasteiger partial charge is 0.269 e. The highest BCUT2D eigenvalue weighted by atomic mass is 79.9. The van der Waals surface area contributed by atoms with Crippen molar-refractivity contribution in [2.75, 3.05) is 14.2 Å². The molecule has 0 aliphatic rings. The fourth-order valence-corrected chi connectivity index (χ4v) is 4.33. The van der Waals surface area contributed by atoms with Crippen LogP contribution in [0, 0.1) is 6.92 Å². The Kier molecular flexibility index (Phi) is 5.06. The Bertz CT molecular complexity index is 1040. The van der Waals surface area contributed by atoms with Crippen molar-refractivity contribution in [2.45, 2.75) is 11.8 Å². The van der Waals surface area contributed by atoms with Crippen LogP contribution in [0.1, 0.15) is 5.56 Å². The second-order valence-corrected chi connectivity index (χ2v) is 8.28. The SMILES string of the molecule is COc1cc(Br)cc(-c2nccn2S(=O)(=O)c2ccc(C)cc2)c1OC. The Labute approximate surface area is 160 Å². The molecule has 136 valence electrons. The molecule has 0 fully saturated rings. The summed E-state index contributed by atoms with van der Waals surface area (Å²) in [4.78, 5) is 4.43. The van der Waals surface area contributed by atoms with Crippen molar-refractivity contribution >= 4 is 26.0 Å². The Hall–Kier alpha value is -2.32. The van der Waals surface area contributed by atoms with Crippen molar-refractivity contribution in [1.82, 2.24) is 8.96 Å². The van der Waals surface area contributed by atoms with E-state index >= 15 is 0 Å². The molecule has 0 N–H and O–H groups in total. The molecule has 0 unspecified atom stereocenters. The molecule has 26 heavy (non-hydrogen) atoms. The number of rotatable bonds is 5. The number of methoxy groups -OCH3 is 2. The van der Waals surface area contributed by atoms with Gasteiger partial charge in [-0.05, 0) is 31.2 Å². The minimum absolute atomic E-state index is 0.184. The number of ether oxygens (including phenoxy) is 2. The Morgan fingerprint density at radius 1 is 1.08 bits per heavy atom. The van der Waals surface area contributed by atoms with Gasteiger partial charge in [0.1, 0.15) is 0 Å².